The van der Waals surface area contributed by atoms with Crippen molar-refractivity contribution in [3.8, 4) is 0 Å². The molecular weight excluding hydrogens is 118 g/mol. The highest BCUT2D eigenvalue weighted by Gasteiger charge is 1.94. The monoisotopic (exact) mass is 129 g/mol. The minimum absolute atomic E-state index is 0.00292. The molecule has 0 aliphatic rings. The molecule has 0 aliphatic heterocycles. The van der Waals surface area contributed by atoms with Gasteiger partial charge in [-0.2, -0.15) is 0 Å². The van der Waals surface area contributed by atoms with Crippen molar-refractivity contribution in [2.75, 3.05) is 7.05 Å². The van der Waals surface area contributed by atoms with Gasteiger partial charge in [0.15, 0.2) is 0 Å². The maximum Gasteiger partial charge on any atom is 0.219 e. The van der Waals surface area contributed by atoms with E-state index in [-0.39, 0.29) is 5.91 Å². The quantitative estimate of drug-likeness (QED) is 0.432. The average Bonchev–Trinajstić information content (AvgIpc) is 1.89. The topological polar surface area (TPSA) is 46.2 Å². The fraction of sp³-hybridized carbons (Fsp3) is 0.667. The summed E-state index contributed by atoms with van der Waals surface area (Å²) in [5, 5.41) is 2.47. The lowest BCUT2D eigenvalue weighted by atomic mass is 10.2. The van der Waals surface area contributed by atoms with Gasteiger partial charge in [-0.05, 0) is 6.42 Å². The fourth-order valence-corrected chi connectivity index (χ4v) is 0.471. The van der Waals surface area contributed by atoms with E-state index in [1.54, 1.807) is 7.05 Å². The molecule has 0 unspecified atom stereocenters. The number of amides is 1. The maximum atomic E-state index is 10.5. The Morgan fingerprint density at radius 1 is 1.67 bits per heavy atom. The Bertz CT molecular complexity index is 101. The molecule has 0 saturated heterocycles. The van der Waals surface area contributed by atoms with Gasteiger partial charge in [-0.25, -0.2) is 0 Å². The van der Waals surface area contributed by atoms with E-state index in [0.717, 1.165) is 6.29 Å². The normalized spacial score (nSPS) is 8.56. The van der Waals surface area contributed by atoms with Gasteiger partial charge in [-0.1, -0.05) is 0 Å². The van der Waals surface area contributed by atoms with Gasteiger partial charge in [-0.15, -0.1) is 0 Å². The maximum absolute atomic E-state index is 10.5. The van der Waals surface area contributed by atoms with Crippen molar-refractivity contribution >= 4 is 12.2 Å². The minimum Gasteiger partial charge on any atom is -0.359 e. The molecule has 0 bridgehead atoms. The Morgan fingerprint density at radius 2 is 2.33 bits per heavy atom. The molecule has 0 radical (unpaired) electrons. The Hall–Kier alpha value is -0.860. The first-order valence-corrected chi connectivity index (χ1v) is 2.95. The highest BCUT2D eigenvalue weighted by molar-refractivity contribution is 5.75. The van der Waals surface area contributed by atoms with Crippen LogP contribution in [-0.4, -0.2) is 19.2 Å². The summed E-state index contributed by atoms with van der Waals surface area (Å²) in [6.45, 7) is 0. The van der Waals surface area contributed by atoms with Crippen LogP contribution in [0.4, 0.5) is 0 Å². The molecule has 0 heterocycles. The van der Waals surface area contributed by atoms with E-state index in [4.69, 9.17) is 0 Å². The zero-order valence-electron chi connectivity index (χ0n) is 5.52. The van der Waals surface area contributed by atoms with E-state index >= 15 is 0 Å². The lowest BCUT2D eigenvalue weighted by Gasteiger charge is -1.93. The summed E-state index contributed by atoms with van der Waals surface area (Å²) >= 11 is 0. The molecule has 3 nitrogen and oxygen atoms in total. The second-order valence-electron chi connectivity index (χ2n) is 1.73. The predicted molar refractivity (Wildman–Crippen MR) is 34.0 cm³/mol. The second kappa shape index (κ2) is 5.28. The van der Waals surface area contributed by atoms with Crippen LogP contribution in [0.1, 0.15) is 19.3 Å². The van der Waals surface area contributed by atoms with Gasteiger partial charge >= 0.3 is 0 Å². The molecule has 0 aromatic rings. The summed E-state index contributed by atoms with van der Waals surface area (Å²) in [7, 11) is 1.59. The van der Waals surface area contributed by atoms with Crippen LogP contribution in [0.2, 0.25) is 0 Å². The van der Waals surface area contributed by atoms with Crippen LogP contribution in [-0.2, 0) is 9.59 Å². The Morgan fingerprint density at radius 3 is 2.78 bits per heavy atom. The smallest absolute Gasteiger partial charge is 0.219 e. The number of carbonyl (C=O) groups excluding carboxylic acids is 2. The van der Waals surface area contributed by atoms with Gasteiger partial charge in [0.25, 0.3) is 0 Å². The second-order valence-corrected chi connectivity index (χ2v) is 1.73. The van der Waals surface area contributed by atoms with E-state index in [0.29, 0.717) is 19.3 Å². The molecule has 0 saturated carbocycles. The van der Waals surface area contributed by atoms with Gasteiger partial charge in [0, 0.05) is 19.9 Å². The lowest BCUT2D eigenvalue weighted by molar-refractivity contribution is -0.120. The Labute approximate surface area is 54.4 Å². The summed E-state index contributed by atoms with van der Waals surface area (Å²) in [6.07, 6.45) is 2.41. The first-order valence-electron chi connectivity index (χ1n) is 2.95. The molecule has 0 atom stereocenters. The third kappa shape index (κ3) is 5.00. The van der Waals surface area contributed by atoms with Crippen molar-refractivity contribution in [3.05, 3.63) is 0 Å². The van der Waals surface area contributed by atoms with Gasteiger partial charge in [-0.3, -0.25) is 4.79 Å². The van der Waals surface area contributed by atoms with Crippen molar-refractivity contribution in [2.24, 2.45) is 0 Å². The molecule has 9 heavy (non-hydrogen) atoms. The molecule has 1 amide bonds. The molecule has 0 fully saturated rings. The van der Waals surface area contributed by atoms with Gasteiger partial charge in [0.1, 0.15) is 6.29 Å². The largest absolute Gasteiger partial charge is 0.359 e. The first-order chi connectivity index (χ1) is 4.31. The molecule has 3 heteroatoms. The molecule has 1 N–H and O–H groups in total. The van der Waals surface area contributed by atoms with E-state index in [2.05, 4.69) is 5.32 Å². The third-order valence-corrected chi connectivity index (χ3v) is 1.00. The van der Waals surface area contributed by atoms with E-state index in [1.807, 2.05) is 0 Å². The summed E-state index contributed by atoms with van der Waals surface area (Å²) in [4.78, 5) is 20.2. The molecule has 0 aromatic carbocycles. The van der Waals surface area contributed by atoms with Gasteiger partial charge < -0.3 is 10.1 Å². The number of unbranched alkanes of at least 4 members (excludes halogenated alkanes) is 1. The van der Waals surface area contributed by atoms with E-state index < -0.39 is 0 Å². The van der Waals surface area contributed by atoms with E-state index in [9.17, 15) is 9.59 Å². The van der Waals surface area contributed by atoms with Crippen molar-refractivity contribution in [1.82, 2.24) is 5.32 Å². The first kappa shape index (κ1) is 8.14. The lowest BCUT2D eigenvalue weighted by Crippen LogP contribution is -2.16. The van der Waals surface area contributed by atoms with Crippen LogP contribution in [0.25, 0.3) is 0 Å². The summed E-state index contributed by atoms with van der Waals surface area (Å²) in [6, 6.07) is 0. The fourth-order valence-electron chi connectivity index (χ4n) is 0.471. The summed E-state index contributed by atoms with van der Waals surface area (Å²) in [5.74, 6) is -0.00292. The van der Waals surface area contributed by atoms with E-state index in [1.165, 1.54) is 0 Å². The number of rotatable bonds is 4. The average molecular weight is 129 g/mol. The standard InChI is InChI=1S/C6H11NO2/c1-7-6(9)4-2-3-5-8/h5H,2-4H2,1H3,(H,7,9). The number of hydrogen-bond donors (Lipinski definition) is 1. The van der Waals surface area contributed by atoms with Crippen LogP contribution in [0.5, 0.6) is 0 Å². The zero-order valence-corrected chi connectivity index (χ0v) is 5.52. The van der Waals surface area contributed by atoms with Crippen LogP contribution in [0.15, 0.2) is 0 Å². The van der Waals surface area contributed by atoms with Crippen molar-refractivity contribution in [1.29, 1.82) is 0 Å². The molecule has 0 aliphatic carbocycles. The molecular formula is C6H11NO2. The minimum atomic E-state index is -0.00292. The van der Waals surface area contributed by atoms with Crippen LogP contribution < -0.4 is 5.32 Å². The number of carbonyl (C=O) groups is 2. The van der Waals surface area contributed by atoms with Crippen molar-refractivity contribution in [2.45, 2.75) is 19.3 Å². The SMILES string of the molecule is CNC(=O)CCCC=O. The highest BCUT2D eigenvalue weighted by Crippen LogP contribution is 1.90. The van der Waals surface area contributed by atoms with Crippen LogP contribution in [0, 0.1) is 0 Å². The zero-order chi connectivity index (χ0) is 7.11. The van der Waals surface area contributed by atoms with Gasteiger partial charge in [0.2, 0.25) is 5.91 Å². The number of hydrogen-bond acceptors (Lipinski definition) is 2. The summed E-state index contributed by atoms with van der Waals surface area (Å²) < 4.78 is 0. The summed E-state index contributed by atoms with van der Waals surface area (Å²) in [5.41, 5.74) is 0. The van der Waals surface area contributed by atoms with Gasteiger partial charge in [0.05, 0.1) is 0 Å². The predicted octanol–water partition coefficient (Wildman–Crippen LogP) is 0.102. The van der Waals surface area contributed by atoms with Crippen molar-refractivity contribution in [3.63, 3.8) is 0 Å². The molecule has 0 aromatic heterocycles. The Kier molecular flexibility index (Phi) is 4.78. The van der Waals surface area contributed by atoms with Crippen molar-refractivity contribution < 1.29 is 9.59 Å². The number of aldehydes is 1. The molecule has 0 spiro atoms. The Balaban J connectivity index is 3.06. The molecule has 52 valence electrons. The molecule has 0 rings (SSSR count). The van der Waals surface area contributed by atoms with Crippen LogP contribution in [0.3, 0.4) is 0 Å². The number of nitrogens with one attached hydrogen (secondary N) is 1. The van der Waals surface area contributed by atoms with Crippen LogP contribution >= 0.6 is 0 Å². The highest BCUT2D eigenvalue weighted by atomic mass is 16.1. The third-order valence-electron chi connectivity index (χ3n) is 1.00.